The van der Waals surface area contributed by atoms with E-state index >= 15 is 0 Å². The molecule has 2 aromatic rings. The Balaban J connectivity index is 1.79. The van der Waals surface area contributed by atoms with Gasteiger partial charge in [-0.1, -0.05) is 30.3 Å². The molecule has 1 aliphatic heterocycles. The van der Waals surface area contributed by atoms with Gasteiger partial charge in [-0.3, -0.25) is 9.59 Å². The Labute approximate surface area is 176 Å². The van der Waals surface area contributed by atoms with Crippen LogP contribution >= 0.6 is 11.8 Å². The number of carbonyl (C=O) groups is 2. The number of aryl methyl sites for hydroxylation is 1. The molecule has 0 spiro atoms. The van der Waals surface area contributed by atoms with Crippen LogP contribution in [0.1, 0.15) is 47.6 Å². The Kier molecular flexibility index (Phi) is 6.63. The molecule has 0 radical (unpaired) electrons. The molecule has 1 heterocycles. The van der Waals surface area contributed by atoms with Crippen molar-refractivity contribution in [1.29, 1.82) is 0 Å². The van der Waals surface area contributed by atoms with E-state index in [1.54, 1.807) is 22.7 Å². The lowest BCUT2D eigenvalue weighted by Crippen LogP contribution is -2.43. The van der Waals surface area contributed by atoms with E-state index in [-0.39, 0.29) is 28.5 Å². The maximum absolute atomic E-state index is 13.6. The average molecular weight is 415 g/mol. The van der Waals surface area contributed by atoms with E-state index in [2.05, 4.69) is 19.1 Å². The van der Waals surface area contributed by atoms with E-state index < -0.39 is 5.82 Å². The van der Waals surface area contributed by atoms with Crippen LogP contribution in [0.25, 0.3) is 0 Å². The molecule has 0 bridgehead atoms. The number of carbonyl (C=O) groups excluding carboxylic acids is 2. The second-order valence-corrected chi connectivity index (χ2v) is 9.05. The number of nitrogens with zero attached hydrogens (tertiary/aromatic N) is 2. The minimum atomic E-state index is -0.431. The van der Waals surface area contributed by atoms with Crippen LogP contribution < -0.4 is 0 Å². The highest BCUT2D eigenvalue weighted by Crippen LogP contribution is 2.43. The monoisotopic (exact) mass is 414 g/mol. The van der Waals surface area contributed by atoms with Crippen LogP contribution in [0, 0.1) is 12.7 Å². The first-order chi connectivity index (χ1) is 13.8. The van der Waals surface area contributed by atoms with E-state index in [9.17, 15) is 14.0 Å². The molecule has 0 N–H and O–H groups in total. The largest absolute Gasteiger partial charge is 0.334 e. The minimum Gasteiger partial charge on any atom is -0.334 e. The fourth-order valence-corrected chi connectivity index (χ4v) is 5.01. The molecular formula is C23H27FN2O2S. The number of halogens is 1. The molecule has 3 rings (SSSR count). The predicted octanol–water partition coefficient (Wildman–Crippen LogP) is 4.65. The summed E-state index contributed by atoms with van der Waals surface area (Å²) in [5.74, 6) is -0.566. The van der Waals surface area contributed by atoms with Crippen LogP contribution in [-0.4, -0.2) is 46.0 Å². The lowest BCUT2D eigenvalue weighted by molar-refractivity contribution is -0.130. The van der Waals surface area contributed by atoms with E-state index in [1.165, 1.54) is 18.2 Å². The molecule has 0 aromatic heterocycles. The number of thioether (sulfide) groups is 1. The van der Waals surface area contributed by atoms with Gasteiger partial charge in [0.25, 0.3) is 5.91 Å². The summed E-state index contributed by atoms with van der Waals surface area (Å²) in [4.78, 5) is 29.3. The maximum Gasteiger partial charge on any atom is 0.254 e. The standard InChI is InChI=1S/C23H27FN2O2S/c1-15(2)25(22(28)18-9-7-10-19(24)14-18)12-13-26-21(27)17(4)29-23(26)20-11-6-5-8-16(20)3/h5-11,14-15,17,23H,12-13H2,1-4H3. The fraction of sp³-hybridized carbons (Fsp3) is 0.391. The highest BCUT2D eigenvalue weighted by Gasteiger charge is 2.39. The quantitative estimate of drug-likeness (QED) is 0.691. The first-order valence-corrected chi connectivity index (χ1v) is 10.8. The summed E-state index contributed by atoms with van der Waals surface area (Å²) in [5.41, 5.74) is 2.60. The van der Waals surface area contributed by atoms with Gasteiger partial charge in [0.15, 0.2) is 0 Å². The summed E-state index contributed by atoms with van der Waals surface area (Å²) in [6.45, 7) is 8.67. The van der Waals surface area contributed by atoms with Crippen molar-refractivity contribution >= 4 is 23.6 Å². The molecule has 0 aliphatic carbocycles. The highest BCUT2D eigenvalue weighted by atomic mass is 32.2. The lowest BCUT2D eigenvalue weighted by atomic mass is 10.1. The zero-order valence-electron chi connectivity index (χ0n) is 17.3. The zero-order chi connectivity index (χ0) is 21.1. The van der Waals surface area contributed by atoms with Crippen LogP contribution in [0.4, 0.5) is 4.39 Å². The van der Waals surface area contributed by atoms with Crippen molar-refractivity contribution in [2.24, 2.45) is 0 Å². The zero-order valence-corrected chi connectivity index (χ0v) is 18.1. The molecule has 2 unspecified atom stereocenters. The van der Waals surface area contributed by atoms with Crippen molar-refractivity contribution in [3.05, 3.63) is 71.0 Å². The minimum absolute atomic E-state index is 0.0583. The van der Waals surface area contributed by atoms with Gasteiger partial charge in [0, 0.05) is 24.7 Å². The van der Waals surface area contributed by atoms with Crippen molar-refractivity contribution in [1.82, 2.24) is 9.80 Å². The third kappa shape index (κ3) is 4.64. The SMILES string of the molecule is Cc1ccccc1C1SC(C)C(=O)N1CCN(C(=O)c1cccc(F)c1)C(C)C. The summed E-state index contributed by atoms with van der Waals surface area (Å²) in [6, 6.07) is 13.8. The van der Waals surface area contributed by atoms with E-state index in [4.69, 9.17) is 0 Å². The van der Waals surface area contributed by atoms with Crippen LogP contribution in [0.2, 0.25) is 0 Å². The van der Waals surface area contributed by atoms with Crippen molar-refractivity contribution in [2.45, 2.75) is 44.4 Å². The molecule has 6 heteroatoms. The first kappa shape index (κ1) is 21.4. The van der Waals surface area contributed by atoms with Gasteiger partial charge in [-0.05, 0) is 57.0 Å². The Hall–Kier alpha value is -2.34. The molecule has 2 aromatic carbocycles. The van der Waals surface area contributed by atoms with Gasteiger partial charge in [-0.25, -0.2) is 4.39 Å². The van der Waals surface area contributed by atoms with Crippen molar-refractivity contribution in [2.75, 3.05) is 13.1 Å². The van der Waals surface area contributed by atoms with Crippen LogP contribution in [-0.2, 0) is 4.79 Å². The topological polar surface area (TPSA) is 40.6 Å². The van der Waals surface area contributed by atoms with E-state index in [0.29, 0.717) is 18.7 Å². The summed E-state index contributed by atoms with van der Waals surface area (Å²) in [7, 11) is 0. The number of benzene rings is 2. The summed E-state index contributed by atoms with van der Waals surface area (Å²) < 4.78 is 13.6. The number of amides is 2. The maximum atomic E-state index is 13.6. The van der Waals surface area contributed by atoms with Gasteiger partial charge >= 0.3 is 0 Å². The molecule has 4 nitrogen and oxygen atoms in total. The smallest absolute Gasteiger partial charge is 0.254 e. The Morgan fingerprint density at radius 1 is 1.21 bits per heavy atom. The van der Waals surface area contributed by atoms with E-state index in [0.717, 1.165) is 11.1 Å². The molecule has 1 fully saturated rings. The van der Waals surface area contributed by atoms with Crippen LogP contribution in [0.5, 0.6) is 0 Å². The number of hydrogen-bond donors (Lipinski definition) is 0. The Morgan fingerprint density at radius 3 is 2.59 bits per heavy atom. The molecule has 154 valence electrons. The molecule has 2 amide bonds. The van der Waals surface area contributed by atoms with Gasteiger partial charge in [0.2, 0.25) is 5.91 Å². The lowest BCUT2D eigenvalue weighted by Gasteiger charge is -2.31. The van der Waals surface area contributed by atoms with Crippen molar-refractivity contribution in [3.63, 3.8) is 0 Å². The van der Waals surface area contributed by atoms with E-state index in [1.807, 2.05) is 37.8 Å². The van der Waals surface area contributed by atoms with Gasteiger partial charge < -0.3 is 9.80 Å². The number of hydrogen-bond acceptors (Lipinski definition) is 3. The molecular weight excluding hydrogens is 387 g/mol. The van der Waals surface area contributed by atoms with Gasteiger partial charge in [-0.15, -0.1) is 11.8 Å². The number of rotatable bonds is 6. The molecule has 0 saturated carbocycles. The average Bonchev–Trinajstić information content (AvgIpc) is 2.96. The van der Waals surface area contributed by atoms with Gasteiger partial charge in [0.1, 0.15) is 11.2 Å². The molecule has 2 atom stereocenters. The molecule has 1 saturated heterocycles. The van der Waals surface area contributed by atoms with Crippen molar-refractivity contribution < 1.29 is 14.0 Å². The highest BCUT2D eigenvalue weighted by molar-refractivity contribution is 8.01. The second-order valence-electron chi connectivity index (χ2n) is 7.62. The predicted molar refractivity (Wildman–Crippen MR) is 115 cm³/mol. The molecule has 29 heavy (non-hydrogen) atoms. The van der Waals surface area contributed by atoms with Gasteiger partial charge in [0.05, 0.1) is 5.25 Å². The third-order valence-electron chi connectivity index (χ3n) is 5.24. The summed E-state index contributed by atoms with van der Waals surface area (Å²) in [6.07, 6.45) is 0. The Morgan fingerprint density at radius 2 is 1.93 bits per heavy atom. The van der Waals surface area contributed by atoms with Crippen molar-refractivity contribution in [3.8, 4) is 0 Å². The van der Waals surface area contributed by atoms with Gasteiger partial charge in [-0.2, -0.15) is 0 Å². The normalized spacial score (nSPS) is 19.1. The summed E-state index contributed by atoms with van der Waals surface area (Å²) in [5, 5.41) is -0.178. The van der Waals surface area contributed by atoms with Crippen LogP contribution in [0.15, 0.2) is 48.5 Å². The Bertz CT molecular complexity index is 902. The third-order valence-corrected chi connectivity index (χ3v) is 6.62. The fourth-order valence-electron chi connectivity index (χ4n) is 3.60. The second kappa shape index (κ2) is 8.99. The molecule has 1 aliphatic rings. The van der Waals surface area contributed by atoms with Crippen LogP contribution in [0.3, 0.4) is 0 Å². The first-order valence-electron chi connectivity index (χ1n) is 9.87. The summed E-state index contributed by atoms with van der Waals surface area (Å²) >= 11 is 1.64.